The van der Waals surface area contributed by atoms with Crippen LogP contribution >= 0.6 is 11.6 Å². The lowest BCUT2D eigenvalue weighted by Gasteiger charge is -2.06. The maximum absolute atomic E-state index is 11.5. The molecule has 1 aromatic rings. The van der Waals surface area contributed by atoms with Gasteiger partial charge in [0.05, 0.1) is 18.2 Å². The van der Waals surface area contributed by atoms with Crippen molar-refractivity contribution in [2.75, 3.05) is 12.3 Å². The van der Waals surface area contributed by atoms with Crippen molar-refractivity contribution in [3.63, 3.8) is 0 Å². The van der Waals surface area contributed by atoms with Crippen LogP contribution < -0.4 is 5.73 Å². The number of hydrogen-bond acceptors (Lipinski definition) is 4. The highest BCUT2D eigenvalue weighted by molar-refractivity contribution is 6.31. The first kappa shape index (κ1) is 12.3. The summed E-state index contributed by atoms with van der Waals surface area (Å²) in [4.78, 5) is 11.5. The third-order valence-corrected chi connectivity index (χ3v) is 2.14. The zero-order valence-electron chi connectivity index (χ0n) is 8.57. The summed E-state index contributed by atoms with van der Waals surface area (Å²) in [6.07, 6.45) is 0.876. The van der Waals surface area contributed by atoms with Crippen molar-refractivity contribution >= 4 is 23.3 Å². The normalized spacial score (nSPS) is 9.50. The van der Waals surface area contributed by atoms with Crippen LogP contribution in [0, 0.1) is 11.3 Å². The molecule has 0 amide bonds. The first-order valence-corrected chi connectivity index (χ1v) is 5.12. The van der Waals surface area contributed by atoms with Crippen LogP contribution in [0.3, 0.4) is 0 Å². The fourth-order valence-electron chi connectivity index (χ4n) is 1.10. The molecule has 0 atom stereocenters. The number of nitrogen functional groups attached to an aromatic ring is 1. The molecule has 0 saturated heterocycles. The minimum absolute atomic E-state index is 0.207. The molecule has 0 aromatic heterocycles. The molecular formula is C11H11ClN2O2. The SMILES string of the molecule is N#CCCCOC(=O)c1cc(Cl)ccc1N. The van der Waals surface area contributed by atoms with E-state index in [0.717, 1.165) is 0 Å². The molecule has 1 aromatic carbocycles. The lowest BCUT2D eigenvalue weighted by atomic mass is 10.2. The van der Waals surface area contributed by atoms with E-state index in [1.165, 1.54) is 6.07 Å². The smallest absolute Gasteiger partial charge is 0.340 e. The van der Waals surface area contributed by atoms with Crippen LogP contribution in [-0.2, 0) is 4.74 Å². The first-order chi connectivity index (χ1) is 7.65. The van der Waals surface area contributed by atoms with Gasteiger partial charge in [-0.05, 0) is 24.6 Å². The number of ether oxygens (including phenoxy) is 1. The van der Waals surface area contributed by atoms with Crippen LogP contribution in [0.1, 0.15) is 23.2 Å². The minimum atomic E-state index is -0.516. The fraction of sp³-hybridized carbons (Fsp3) is 0.273. The quantitative estimate of drug-likeness (QED) is 0.496. The molecule has 0 radical (unpaired) electrons. The van der Waals surface area contributed by atoms with Gasteiger partial charge in [-0.15, -0.1) is 0 Å². The second-order valence-electron chi connectivity index (χ2n) is 3.13. The van der Waals surface area contributed by atoms with Crippen molar-refractivity contribution in [1.29, 1.82) is 5.26 Å². The van der Waals surface area contributed by atoms with E-state index in [9.17, 15) is 4.79 Å². The number of nitriles is 1. The van der Waals surface area contributed by atoms with Gasteiger partial charge in [0.25, 0.3) is 0 Å². The maximum atomic E-state index is 11.5. The molecule has 84 valence electrons. The number of esters is 1. The standard InChI is InChI=1S/C11H11ClN2O2/c12-8-3-4-10(14)9(7-8)11(15)16-6-2-1-5-13/h3-4,7H,1-2,6,14H2. The highest BCUT2D eigenvalue weighted by Gasteiger charge is 2.11. The van der Waals surface area contributed by atoms with Gasteiger partial charge in [-0.25, -0.2) is 4.79 Å². The molecular weight excluding hydrogens is 228 g/mol. The van der Waals surface area contributed by atoms with E-state index in [0.29, 0.717) is 23.6 Å². The van der Waals surface area contributed by atoms with E-state index in [-0.39, 0.29) is 12.2 Å². The Morgan fingerprint density at radius 3 is 3.00 bits per heavy atom. The molecule has 0 heterocycles. The fourth-order valence-corrected chi connectivity index (χ4v) is 1.27. The monoisotopic (exact) mass is 238 g/mol. The molecule has 0 spiro atoms. The average Bonchev–Trinajstić information content (AvgIpc) is 2.27. The first-order valence-electron chi connectivity index (χ1n) is 4.74. The molecule has 0 bridgehead atoms. The van der Waals surface area contributed by atoms with Crippen molar-refractivity contribution in [3.05, 3.63) is 28.8 Å². The van der Waals surface area contributed by atoms with Crippen molar-refractivity contribution in [3.8, 4) is 6.07 Å². The third kappa shape index (κ3) is 3.44. The highest BCUT2D eigenvalue weighted by atomic mass is 35.5. The molecule has 4 nitrogen and oxygen atoms in total. The van der Waals surface area contributed by atoms with Gasteiger partial charge in [0, 0.05) is 17.1 Å². The number of nitrogens with zero attached hydrogens (tertiary/aromatic N) is 1. The second kappa shape index (κ2) is 5.99. The number of halogens is 1. The van der Waals surface area contributed by atoms with Crippen molar-refractivity contribution < 1.29 is 9.53 Å². The van der Waals surface area contributed by atoms with Gasteiger partial charge in [0.2, 0.25) is 0 Å². The van der Waals surface area contributed by atoms with Crippen molar-refractivity contribution in [1.82, 2.24) is 0 Å². The van der Waals surface area contributed by atoms with Crippen molar-refractivity contribution in [2.24, 2.45) is 0 Å². The van der Waals surface area contributed by atoms with Crippen molar-refractivity contribution in [2.45, 2.75) is 12.8 Å². The topological polar surface area (TPSA) is 76.1 Å². The molecule has 0 saturated carbocycles. The number of carbonyl (C=O) groups is 1. The number of hydrogen-bond donors (Lipinski definition) is 1. The van der Waals surface area contributed by atoms with Gasteiger partial charge >= 0.3 is 5.97 Å². The van der Waals surface area contributed by atoms with E-state index in [1.54, 1.807) is 12.1 Å². The molecule has 16 heavy (non-hydrogen) atoms. The second-order valence-corrected chi connectivity index (χ2v) is 3.57. The van der Waals surface area contributed by atoms with E-state index in [2.05, 4.69) is 0 Å². The van der Waals surface area contributed by atoms with Crippen LogP contribution in [0.4, 0.5) is 5.69 Å². The Labute approximate surface area is 98.6 Å². The van der Waals surface area contributed by atoms with Gasteiger partial charge in [-0.2, -0.15) is 5.26 Å². The van der Waals surface area contributed by atoms with E-state index < -0.39 is 5.97 Å². The van der Waals surface area contributed by atoms with Gasteiger partial charge in [-0.3, -0.25) is 0 Å². The summed E-state index contributed by atoms with van der Waals surface area (Å²) < 4.78 is 4.94. The summed E-state index contributed by atoms with van der Waals surface area (Å²) in [5, 5.41) is 8.73. The number of anilines is 1. The molecule has 0 aliphatic rings. The summed E-state index contributed by atoms with van der Waals surface area (Å²) >= 11 is 5.74. The summed E-state index contributed by atoms with van der Waals surface area (Å²) in [5.41, 5.74) is 6.19. The Hall–Kier alpha value is -1.73. The number of nitrogens with two attached hydrogens (primary N) is 1. The predicted octanol–water partition coefficient (Wildman–Crippen LogP) is 2.38. The Balaban J connectivity index is 2.59. The minimum Gasteiger partial charge on any atom is -0.462 e. The third-order valence-electron chi connectivity index (χ3n) is 1.90. The van der Waals surface area contributed by atoms with E-state index in [1.807, 2.05) is 6.07 Å². The Bertz CT molecular complexity index is 426. The van der Waals surface area contributed by atoms with Crippen LogP contribution in [-0.4, -0.2) is 12.6 Å². The predicted molar refractivity (Wildman–Crippen MR) is 61.0 cm³/mol. The van der Waals surface area contributed by atoms with Crippen LogP contribution in [0.5, 0.6) is 0 Å². The molecule has 0 aliphatic carbocycles. The number of rotatable bonds is 4. The Morgan fingerprint density at radius 2 is 2.31 bits per heavy atom. The molecule has 0 aliphatic heterocycles. The Morgan fingerprint density at radius 1 is 1.56 bits per heavy atom. The molecule has 1 rings (SSSR count). The number of unbranched alkanes of at least 4 members (excludes halogenated alkanes) is 1. The van der Waals surface area contributed by atoms with Gasteiger partial charge < -0.3 is 10.5 Å². The van der Waals surface area contributed by atoms with Crippen LogP contribution in [0.15, 0.2) is 18.2 Å². The zero-order valence-corrected chi connectivity index (χ0v) is 9.33. The van der Waals surface area contributed by atoms with E-state index in [4.69, 9.17) is 27.3 Å². The van der Waals surface area contributed by atoms with E-state index >= 15 is 0 Å². The van der Waals surface area contributed by atoms with Crippen LogP contribution in [0.2, 0.25) is 5.02 Å². The molecule has 2 N–H and O–H groups in total. The average molecular weight is 239 g/mol. The maximum Gasteiger partial charge on any atom is 0.340 e. The van der Waals surface area contributed by atoms with Gasteiger partial charge in [0.15, 0.2) is 0 Å². The Kier molecular flexibility index (Phi) is 4.62. The lowest BCUT2D eigenvalue weighted by molar-refractivity contribution is 0.0503. The highest BCUT2D eigenvalue weighted by Crippen LogP contribution is 2.18. The zero-order chi connectivity index (χ0) is 12.0. The number of benzene rings is 1. The van der Waals surface area contributed by atoms with Gasteiger partial charge in [-0.1, -0.05) is 11.6 Å². The van der Waals surface area contributed by atoms with Crippen LogP contribution in [0.25, 0.3) is 0 Å². The summed E-state index contributed by atoms with van der Waals surface area (Å²) in [7, 11) is 0. The number of carbonyl (C=O) groups excluding carboxylic acids is 1. The molecule has 5 heteroatoms. The largest absolute Gasteiger partial charge is 0.462 e. The molecule has 0 unspecified atom stereocenters. The lowest BCUT2D eigenvalue weighted by Crippen LogP contribution is -2.09. The molecule has 0 fully saturated rings. The summed E-state index contributed by atoms with van der Waals surface area (Å²) in [5.74, 6) is -0.516. The summed E-state index contributed by atoms with van der Waals surface area (Å²) in [6.45, 7) is 0.207. The van der Waals surface area contributed by atoms with Gasteiger partial charge in [0.1, 0.15) is 0 Å². The summed E-state index contributed by atoms with van der Waals surface area (Å²) in [6, 6.07) is 6.58.